The maximum Gasteiger partial charge on any atom is 0.243 e. The van der Waals surface area contributed by atoms with Crippen LogP contribution in [0.4, 0.5) is 4.39 Å². The number of hydrogen-bond acceptors (Lipinski definition) is 6. The highest BCUT2D eigenvalue weighted by Crippen LogP contribution is 2.35. The number of hydrazone groups is 1. The summed E-state index contributed by atoms with van der Waals surface area (Å²) in [4.78, 5) is 23.4. The molecule has 1 amide bonds. The fourth-order valence-corrected chi connectivity index (χ4v) is 3.37. The number of amides is 1. The Morgan fingerprint density at radius 1 is 1.10 bits per heavy atom. The molecule has 8 heteroatoms. The lowest BCUT2D eigenvalue weighted by atomic mass is 9.98. The summed E-state index contributed by atoms with van der Waals surface area (Å²) in [5, 5.41) is 16.5. The first-order chi connectivity index (χ1) is 14.4. The second kappa shape index (κ2) is 9.39. The number of nitrogens with zero attached hydrogens (tertiary/aromatic N) is 2. The zero-order chi connectivity index (χ0) is 21.7. The van der Waals surface area contributed by atoms with E-state index in [2.05, 4.69) is 5.10 Å². The van der Waals surface area contributed by atoms with Gasteiger partial charge in [-0.15, -0.1) is 0 Å². The van der Waals surface area contributed by atoms with E-state index in [1.165, 1.54) is 24.3 Å². The van der Waals surface area contributed by atoms with E-state index in [1.54, 1.807) is 31.4 Å². The van der Waals surface area contributed by atoms with E-state index in [4.69, 9.17) is 9.47 Å². The highest BCUT2D eigenvalue weighted by atomic mass is 19.1. The Hall–Kier alpha value is -3.42. The molecule has 1 heterocycles. The lowest BCUT2D eigenvalue weighted by molar-refractivity contribution is -0.305. The molecule has 1 atom stereocenters. The molecular weight excluding hydrogens is 391 g/mol. The number of hydrogen-bond donors (Lipinski definition) is 0. The van der Waals surface area contributed by atoms with Crippen LogP contribution in [0.5, 0.6) is 11.5 Å². The molecule has 2 aromatic carbocycles. The van der Waals surface area contributed by atoms with Crippen LogP contribution in [-0.2, 0) is 9.59 Å². The molecule has 0 bridgehead atoms. The van der Waals surface area contributed by atoms with Crippen LogP contribution in [0.25, 0.3) is 0 Å². The van der Waals surface area contributed by atoms with Gasteiger partial charge in [0, 0.05) is 24.4 Å². The molecule has 3 rings (SSSR count). The molecule has 2 aromatic rings. The smallest absolute Gasteiger partial charge is 0.243 e. The Labute approximate surface area is 173 Å². The first-order valence-electron chi connectivity index (χ1n) is 9.50. The molecule has 0 saturated carbocycles. The van der Waals surface area contributed by atoms with Gasteiger partial charge in [-0.3, -0.25) is 4.79 Å². The number of carbonyl (C=O) groups is 2. The summed E-state index contributed by atoms with van der Waals surface area (Å²) < 4.78 is 24.0. The number of benzene rings is 2. The van der Waals surface area contributed by atoms with Crippen LogP contribution in [0.2, 0.25) is 0 Å². The maximum absolute atomic E-state index is 13.4. The van der Waals surface area contributed by atoms with Crippen molar-refractivity contribution in [1.82, 2.24) is 5.01 Å². The third kappa shape index (κ3) is 4.76. The van der Waals surface area contributed by atoms with Gasteiger partial charge in [0.15, 0.2) is 11.5 Å². The van der Waals surface area contributed by atoms with Gasteiger partial charge in [0.2, 0.25) is 5.91 Å². The summed E-state index contributed by atoms with van der Waals surface area (Å²) in [6.07, 6.45) is 0.407. The maximum atomic E-state index is 13.4. The molecule has 30 heavy (non-hydrogen) atoms. The summed E-state index contributed by atoms with van der Waals surface area (Å²) in [6.45, 7) is 0. The van der Waals surface area contributed by atoms with E-state index in [9.17, 15) is 19.1 Å². The number of carboxylic acids is 1. The van der Waals surface area contributed by atoms with Crippen molar-refractivity contribution in [2.24, 2.45) is 5.10 Å². The summed E-state index contributed by atoms with van der Waals surface area (Å²) >= 11 is 0. The molecule has 1 aliphatic heterocycles. The molecule has 0 radical (unpaired) electrons. The van der Waals surface area contributed by atoms with Crippen LogP contribution >= 0.6 is 0 Å². The molecule has 7 nitrogen and oxygen atoms in total. The lowest BCUT2D eigenvalue weighted by Crippen LogP contribution is -2.28. The van der Waals surface area contributed by atoms with Crippen molar-refractivity contribution < 1.29 is 28.6 Å². The molecule has 0 saturated heterocycles. The molecule has 0 aliphatic carbocycles. The van der Waals surface area contributed by atoms with Crippen molar-refractivity contribution in [3.05, 3.63) is 59.4 Å². The van der Waals surface area contributed by atoms with Gasteiger partial charge in [0.1, 0.15) is 5.82 Å². The topological polar surface area (TPSA) is 91.3 Å². The van der Waals surface area contributed by atoms with Crippen LogP contribution in [0.15, 0.2) is 47.6 Å². The van der Waals surface area contributed by atoms with Gasteiger partial charge < -0.3 is 19.4 Å². The second-order valence-corrected chi connectivity index (χ2v) is 6.85. The molecule has 158 valence electrons. The molecule has 0 spiro atoms. The molecular formula is C22H22FN2O5-. The third-order valence-corrected chi connectivity index (χ3v) is 4.91. The van der Waals surface area contributed by atoms with E-state index >= 15 is 0 Å². The predicted octanol–water partition coefficient (Wildman–Crippen LogP) is 2.44. The minimum atomic E-state index is -1.20. The number of carboxylic acid groups (broad SMARTS) is 1. The highest BCUT2D eigenvalue weighted by molar-refractivity contribution is 6.03. The number of methoxy groups -OCH3 is 2. The Morgan fingerprint density at radius 2 is 1.80 bits per heavy atom. The monoisotopic (exact) mass is 413 g/mol. The summed E-state index contributed by atoms with van der Waals surface area (Å²) in [5.74, 6) is -0.764. The zero-order valence-corrected chi connectivity index (χ0v) is 16.8. The first-order valence-corrected chi connectivity index (χ1v) is 9.50. The highest BCUT2D eigenvalue weighted by Gasteiger charge is 2.33. The van der Waals surface area contributed by atoms with Crippen LogP contribution < -0.4 is 14.6 Å². The normalized spacial score (nSPS) is 15.6. The SMILES string of the molecule is COc1ccc(C2=NN(C(=O)CCCC(=O)[O-])[C@H](c3ccc(F)cc3)C2)cc1OC. The van der Waals surface area contributed by atoms with Gasteiger partial charge in [-0.25, -0.2) is 9.40 Å². The largest absolute Gasteiger partial charge is 0.550 e. The average Bonchev–Trinajstić information content (AvgIpc) is 3.19. The number of carbonyl (C=O) groups excluding carboxylic acids is 2. The van der Waals surface area contributed by atoms with Gasteiger partial charge >= 0.3 is 0 Å². The van der Waals surface area contributed by atoms with Crippen LogP contribution in [-0.4, -0.2) is 36.8 Å². The minimum Gasteiger partial charge on any atom is -0.550 e. The Balaban J connectivity index is 1.90. The molecule has 0 N–H and O–H groups in total. The Morgan fingerprint density at radius 3 is 2.43 bits per heavy atom. The van der Waals surface area contributed by atoms with Crippen molar-refractivity contribution in [2.45, 2.75) is 31.7 Å². The quantitative estimate of drug-likeness (QED) is 0.663. The fraction of sp³-hybridized carbons (Fsp3) is 0.318. The molecule has 0 fully saturated rings. The van der Waals surface area contributed by atoms with Gasteiger partial charge in [0.05, 0.1) is 26.0 Å². The zero-order valence-electron chi connectivity index (χ0n) is 16.8. The second-order valence-electron chi connectivity index (χ2n) is 6.85. The third-order valence-electron chi connectivity index (χ3n) is 4.91. The van der Waals surface area contributed by atoms with Crippen molar-refractivity contribution >= 4 is 17.6 Å². The van der Waals surface area contributed by atoms with E-state index in [0.717, 1.165) is 11.1 Å². The summed E-state index contributed by atoms with van der Waals surface area (Å²) in [6, 6.07) is 10.9. The lowest BCUT2D eigenvalue weighted by Gasteiger charge is -2.22. The summed E-state index contributed by atoms with van der Waals surface area (Å²) in [5.41, 5.74) is 2.17. The fourth-order valence-electron chi connectivity index (χ4n) is 3.37. The van der Waals surface area contributed by atoms with Crippen LogP contribution in [0.1, 0.15) is 42.9 Å². The van der Waals surface area contributed by atoms with Crippen molar-refractivity contribution in [3.8, 4) is 11.5 Å². The van der Waals surface area contributed by atoms with Crippen molar-refractivity contribution in [1.29, 1.82) is 0 Å². The number of rotatable bonds is 8. The number of aliphatic carboxylic acids is 1. The molecule has 0 aromatic heterocycles. The molecule has 1 aliphatic rings. The van der Waals surface area contributed by atoms with E-state index in [0.29, 0.717) is 23.6 Å². The average molecular weight is 413 g/mol. The van der Waals surface area contributed by atoms with Crippen LogP contribution in [0, 0.1) is 5.82 Å². The van der Waals surface area contributed by atoms with Crippen molar-refractivity contribution in [3.63, 3.8) is 0 Å². The summed E-state index contributed by atoms with van der Waals surface area (Å²) in [7, 11) is 3.08. The minimum absolute atomic E-state index is 0.0222. The number of halogens is 1. The van der Waals surface area contributed by atoms with Gasteiger partial charge in [0.25, 0.3) is 0 Å². The van der Waals surface area contributed by atoms with Crippen molar-refractivity contribution in [2.75, 3.05) is 14.2 Å². The Kier molecular flexibility index (Phi) is 6.66. The van der Waals surface area contributed by atoms with Crippen LogP contribution in [0.3, 0.4) is 0 Å². The number of ether oxygens (including phenoxy) is 2. The van der Waals surface area contributed by atoms with E-state index < -0.39 is 12.0 Å². The molecule has 0 unspecified atom stereocenters. The standard InChI is InChI=1S/C22H23FN2O5/c1-29-19-11-8-15(12-20(19)30-2)17-13-18(14-6-9-16(23)10-7-14)25(24-17)21(26)4-3-5-22(27)28/h6-12,18H,3-5,13H2,1-2H3,(H,27,28)/p-1/t18-/m0/s1. The Bertz CT molecular complexity index is 959. The van der Waals surface area contributed by atoms with Gasteiger partial charge in [-0.05, 0) is 48.7 Å². The van der Waals surface area contributed by atoms with E-state index in [-0.39, 0.29) is 31.0 Å². The predicted molar refractivity (Wildman–Crippen MR) is 106 cm³/mol. The first kappa shape index (κ1) is 21.3. The van der Waals surface area contributed by atoms with E-state index in [1.807, 2.05) is 6.07 Å². The van der Waals surface area contributed by atoms with Gasteiger partial charge in [-0.2, -0.15) is 5.10 Å². The van der Waals surface area contributed by atoms with Gasteiger partial charge in [-0.1, -0.05) is 12.1 Å².